The molecule has 4 heteroatoms. The highest BCUT2D eigenvalue weighted by Gasteiger charge is 2.17. The average molecular weight is 289 g/mol. The summed E-state index contributed by atoms with van der Waals surface area (Å²) >= 11 is 5.50. The van der Waals surface area contributed by atoms with Gasteiger partial charge in [0.15, 0.2) is 4.77 Å². The van der Waals surface area contributed by atoms with Crippen LogP contribution in [0.15, 0.2) is 18.2 Å². The molecule has 2 heterocycles. The monoisotopic (exact) mass is 289 g/mol. The average Bonchev–Trinajstić information content (AvgIpc) is 2.76. The maximum atomic E-state index is 5.50. The summed E-state index contributed by atoms with van der Waals surface area (Å²) in [6.07, 6.45) is 3.89. The van der Waals surface area contributed by atoms with Gasteiger partial charge in [-0.05, 0) is 76.1 Å². The number of likely N-dealkylation sites (tertiary alicyclic amines) is 1. The van der Waals surface area contributed by atoms with E-state index in [0.29, 0.717) is 0 Å². The van der Waals surface area contributed by atoms with Crippen LogP contribution in [0.25, 0.3) is 11.0 Å². The standard InChI is InChI=1S/C16H23N3S/c1-12-4-3-5-14-15(12)17-16(20)19(14)11-8-13-6-9-18(2)10-7-13/h3-5,13H,6-11H2,1-2H3,(H,17,20). The molecule has 0 spiro atoms. The summed E-state index contributed by atoms with van der Waals surface area (Å²) in [7, 11) is 2.22. The Morgan fingerprint density at radius 3 is 2.80 bits per heavy atom. The van der Waals surface area contributed by atoms with Crippen molar-refractivity contribution >= 4 is 23.3 Å². The minimum atomic E-state index is 0.850. The van der Waals surface area contributed by atoms with Crippen LogP contribution in [0, 0.1) is 17.6 Å². The fourth-order valence-corrected chi connectivity index (χ4v) is 3.50. The fraction of sp³-hybridized carbons (Fsp3) is 0.562. The van der Waals surface area contributed by atoms with Crippen molar-refractivity contribution in [3.63, 3.8) is 0 Å². The predicted molar refractivity (Wildman–Crippen MR) is 86.7 cm³/mol. The maximum absolute atomic E-state index is 5.50. The second kappa shape index (κ2) is 5.70. The van der Waals surface area contributed by atoms with Gasteiger partial charge in [0.2, 0.25) is 0 Å². The Balaban J connectivity index is 1.76. The number of aromatic amines is 1. The normalized spacial score (nSPS) is 17.9. The van der Waals surface area contributed by atoms with Crippen molar-refractivity contribution in [2.24, 2.45) is 5.92 Å². The zero-order chi connectivity index (χ0) is 14.1. The SMILES string of the molecule is Cc1cccc2c1[nH]c(=S)n2CCC1CCN(C)CC1. The molecule has 3 rings (SSSR count). The van der Waals surface area contributed by atoms with Gasteiger partial charge in [-0.3, -0.25) is 0 Å². The second-order valence-electron chi connectivity index (χ2n) is 6.09. The third-order valence-corrected chi connectivity index (χ3v) is 4.94. The number of hydrogen-bond donors (Lipinski definition) is 1. The molecule has 0 radical (unpaired) electrons. The topological polar surface area (TPSA) is 24.0 Å². The highest BCUT2D eigenvalue weighted by Crippen LogP contribution is 2.23. The maximum Gasteiger partial charge on any atom is 0.178 e. The zero-order valence-electron chi connectivity index (χ0n) is 12.4. The van der Waals surface area contributed by atoms with E-state index in [1.165, 1.54) is 48.9 Å². The lowest BCUT2D eigenvalue weighted by atomic mass is 9.94. The Morgan fingerprint density at radius 2 is 2.05 bits per heavy atom. The van der Waals surface area contributed by atoms with Crippen LogP contribution in [-0.2, 0) is 6.54 Å². The molecule has 20 heavy (non-hydrogen) atoms. The molecule has 1 aromatic carbocycles. The van der Waals surface area contributed by atoms with Crippen LogP contribution < -0.4 is 0 Å². The van der Waals surface area contributed by atoms with Gasteiger partial charge in [-0.2, -0.15) is 0 Å². The lowest BCUT2D eigenvalue weighted by Crippen LogP contribution is -2.30. The van der Waals surface area contributed by atoms with E-state index in [1.807, 2.05) is 0 Å². The van der Waals surface area contributed by atoms with Crippen molar-refractivity contribution in [3.8, 4) is 0 Å². The number of aryl methyl sites for hydroxylation is 2. The first kappa shape index (κ1) is 13.8. The molecule has 1 N–H and O–H groups in total. The van der Waals surface area contributed by atoms with Crippen molar-refractivity contribution in [2.75, 3.05) is 20.1 Å². The van der Waals surface area contributed by atoms with E-state index in [4.69, 9.17) is 12.2 Å². The van der Waals surface area contributed by atoms with Crippen LogP contribution in [0.2, 0.25) is 0 Å². The lowest BCUT2D eigenvalue weighted by molar-refractivity contribution is 0.208. The predicted octanol–water partition coefficient (Wildman–Crippen LogP) is 3.74. The van der Waals surface area contributed by atoms with Gasteiger partial charge < -0.3 is 14.5 Å². The second-order valence-corrected chi connectivity index (χ2v) is 6.47. The number of fused-ring (bicyclic) bond motifs is 1. The third-order valence-electron chi connectivity index (χ3n) is 4.62. The quantitative estimate of drug-likeness (QED) is 0.870. The Labute approximate surface area is 125 Å². The number of para-hydroxylation sites is 1. The summed E-state index contributed by atoms with van der Waals surface area (Å²) in [5.41, 5.74) is 3.72. The van der Waals surface area contributed by atoms with E-state index in [2.05, 4.69) is 46.6 Å². The van der Waals surface area contributed by atoms with Gasteiger partial charge in [0.25, 0.3) is 0 Å². The van der Waals surface area contributed by atoms with Crippen molar-refractivity contribution < 1.29 is 0 Å². The van der Waals surface area contributed by atoms with Crippen molar-refractivity contribution in [1.29, 1.82) is 0 Å². The summed E-state index contributed by atoms with van der Waals surface area (Å²) in [5.74, 6) is 0.850. The van der Waals surface area contributed by atoms with Gasteiger partial charge in [0.1, 0.15) is 0 Å². The Kier molecular flexibility index (Phi) is 3.94. The molecular weight excluding hydrogens is 266 g/mol. The lowest BCUT2D eigenvalue weighted by Gasteiger charge is -2.28. The number of aromatic nitrogens is 2. The van der Waals surface area contributed by atoms with Crippen LogP contribution in [0.1, 0.15) is 24.8 Å². The minimum Gasteiger partial charge on any atom is -0.330 e. The van der Waals surface area contributed by atoms with Crippen molar-refractivity contribution in [2.45, 2.75) is 32.7 Å². The van der Waals surface area contributed by atoms with E-state index in [9.17, 15) is 0 Å². The molecule has 108 valence electrons. The molecular formula is C16H23N3S. The summed E-state index contributed by atoms with van der Waals surface area (Å²) in [6, 6.07) is 6.42. The zero-order valence-corrected chi connectivity index (χ0v) is 13.2. The molecule has 3 nitrogen and oxygen atoms in total. The number of hydrogen-bond acceptors (Lipinski definition) is 2. The number of nitrogens with one attached hydrogen (secondary N) is 1. The molecule has 0 bridgehead atoms. The smallest absolute Gasteiger partial charge is 0.178 e. The molecule has 1 aliphatic rings. The minimum absolute atomic E-state index is 0.850. The molecule has 2 aromatic rings. The number of benzene rings is 1. The first-order valence-corrected chi connectivity index (χ1v) is 7.92. The van der Waals surface area contributed by atoms with E-state index in [-0.39, 0.29) is 0 Å². The number of imidazole rings is 1. The highest BCUT2D eigenvalue weighted by atomic mass is 32.1. The highest BCUT2D eigenvalue weighted by molar-refractivity contribution is 7.71. The van der Waals surface area contributed by atoms with Crippen LogP contribution in [0.5, 0.6) is 0 Å². The van der Waals surface area contributed by atoms with Crippen molar-refractivity contribution in [3.05, 3.63) is 28.5 Å². The van der Waals surface area contributed by atoms with Gasteiger partial charge >= 0.3 is 0 Å². The van der Waals surface area contributed by atoms with Gasteiger partial charge in [-0.25, -0.2) is 0 Å². The Morgan fingerprint density at radius 1 is 1.30 bits per heavy atom. The summed E-state index contributed by atoms with van der Waals surface area (Å²) in [6.45, 7) is 5.65. The first-order valence-electron chi connectivity index (χ1n) is 7.52. The van der Waals surface area contributed by atoms with Gasteiger partial charge in [0, 0.05) is 6.54 Å². The molecule has 1 fully saturated rings. The van der Waals surface area contributed by atoms with Gasteiger partial charge in [-0.1, -0.05) is 12.1 Å². The molecule has 0 saturated carbocycles. The van der Waals surface area contributed by atoms with E-state index in [1.54, 1.807) is 0 Å². The van der Waals surface area contributed by atoms with Gasteiger partial charge in [0.05, 0.1) is 11.0 Å². The summed E-state index contributed by atoms with van der Waals surface area (Å²) < 4.78 is 3.14. The number of rotatable bonds is 3. The summed E-state index contributed by atoms with van der Waals surface area (Å²) in [5, 5.41) is 0. The van der Waals surface area contributed by atoms with E-state index in [0.717, 1.165) is 17.2 Å². The molecule has 0 atom stereocenters. The van der Waals surface area contributed by atoms with Crippen molar-refractivity contribution in [1.82, 2.24) is 14.5 Å². The number of piperidine rings is 1. The van der Waals surface area contributed by atoms with Gasteiger partial charge in [-0.15, -0.1) is 0 Å². The van der Waals surface area contributed by atoms with Crippen LogP contribution in [0.3, 0.4) is 0 Å². The molecule has 0 amide bonds. The third kappa shape index (κ3) is 2.67. The number of H-pyrrole nitrogens is 1. The van der Waals surface area contributed by atoms with Crippen LogP contribution >= 0.6 is 12.2 Å². The van der Waals surface area contributed by atoms with E-state index >= 15 is 0 Å². The van der Waals surface area contributed by atoms with Crippen LogP contribution in [0.4, 0.5) is 0 Å². The fourth-order valence-electron chi connectivity index (χ4n) is 3.21. The summed E-state index contributed by atoms with van der Waals surface area (Å²) in [4.78, 5) is 5.79. The number of nitrogens with zero attached hydrogens (tertiary/aromatic N) is 2. The molecule has 1 aromatic heterocycles. The largest absolute Gasteiger partial charge is 0.330 e. The Bertz CT molecular complexity index is 647. The molecule has 1 aliphatic heterocycles. The first-order chi connectivity index (χ1) is 9.65. The molecule has 0 aliphatic carbocycles. The molecule has 0 unspecified atom stereocenters. The molecule has 1 saturated heterocycles. The Hall–Kier alpha value is -1.13. The van der Waals surface area contributed by atoms with Crippen LogP contribution in [-0.4, -0.2) is 34.6 Å². The van der Waals surface area contributed by atoms with E-state index < -0.39 is 0 Å².